The van der Waals surface area contributed by atoms with Gasteiger partial charge in [-0.05, 0) is 30.0 Å². The Labute approximate surface area is 208 Å². The number of aromatic nitrogens is 3. The summed E-state index contributed by atoms with van der Waals surface area (Å²) in [6, 6.07) is 17.0. The van der Waals surface area contributed by atoms with Gasteiger partial charge in [0.1, 0.15) is 11.0 Å². The lowest BCUT2D eigenvalue weighted by Crippen LogP contribution is -2.26. The molecule has 0 saturated carbocycles. The van der Waals surface area contributed by atoms with Crippen LogP contribution in [0.4, 0.5) is 5.69 Å². The first-order valence-corrected chi connectivity index (χ1v) is 12.5. The van der Waals surface area contributed by atoms with Gasteiger partial charge in [0.25, 0.3) is 5.56 Å². The topological polar surface area (TPSA) is 68.9 Å². The number of carbonyl (C=O) groups is 1. The van der Waals surface area contributed by atoms with Crippen LogP contribution in [-0.4, -0.2) is 25.8 Å². The number of hydrogen-bond acceptors (Lipinski definition) is 4. The molecule has 2 aromatic heterocycles. The summed E-state index contributed by atoms with van der Waals surface area (Å²) in [6.45, 7) is 4.79. The molecule has 0 saturated heterocycles. The second kappa shape index (κ2) is 10.5. The predicted molar refractivity (Wildman–Crippen MR) is 141 cm³/mol. The number of rotatable bonds is 8. The Hall–Kier alpha value is -3.03. The minimum Gasteiger partial charge on any atom is -0.344 e. The molecule has 0 aliphatic carbocycles. The molecule has 1 amide bonds. The molecule has 0 fully saturated rings. The van der Waals surface area contributed by atoms with Gasteiger partial charge in [0.05, 0.1) is 16.5 Å². The van der Waals surface area contributed by atoms with E-state index in [-0.39, 0.29) is 17.2 Å². The van der Waals surface area contributed by atoms with Gasteiger partial charge in [-0.1, -0.05) is 79.7 Å². The molecule has 1 N–H and O–H groups in total. The molecule has 6 nitrogen and oxygen atoms in total. The lowest BCUT2D eigenvalue weighted by molar-refractivity contribution is -0.113. The minimum atomic E-state index is -0.209. The van der Waals surface area contributed by atoms with Gasteiger partial charge in [-0.25, -0.2) is 4.98 Å². The van der Waals surface area contributed by atoms with Gasteiger partial charge >= 0.3 is 0 Å². The van der Waals surface area contributed by atoms with E-state index in [0.717, 1.165) is 17.5 Å². The van der Waals surface area contributed by atoms with Crippen LogP contribution in [-0.2, 0) is 18.4 Å². The van der Waals surface area contributed by atoms with Gasteiger partial charge < -0.3 is 9.88 Å². The molecule has 0 bridgehead atoms. The van der Waals surface area contributed by atoms with E-state index in [4.69, 9.17) is 16.6 Å². The third-order valence-corrected chi connectivity index (χ3v) is 6.84. The van der Waals surface area contributed by atoms with Crippen LogP contribution in [0.1, 0.15) is 20.3 Å². The van der Waals surface area contributed by atoms with Crippen molar-refractivity contribution >= 4 is 46.0 Å². The van der Waals surface area contributed by atoms with Crippen molar-refractivity contribution in [2.24, 2.45) is 13.0 Å². The highest BCUT2D eigenvalue weighted by atomic mass is 35.5. The second-order valence-corrected chi connectivity index (χ2v) is 9.92. The molecule has 34 heavy (non-hydrogen) atoms. The number of nitrogens with one attached hydrogen (secondary N) is 1. The molecular formula is C26H27ClN4O2S. The Bertz CT molecular complexity index is 1380. The van der Waals surface area contributed by atoms with E-state index in [0.29, 0.717) is 39.4 Å². The molecule has 4 rings (SSSR count). The van der Waals surface area contributed by atoms with Crippen molar-refractivity contribution in [1.82, 2.24) is 14.1 Å². The highest BCUT2D eigenvalue weighted by Gasteiger charge is 2.19. The first-order valence-electron chi connectivity index (χ1n) is 11.2. The maximum atomic E-state index is 13.6. The standard InChI is InChI=1S/C26H27ClN4O2S/c1-17(2)13-14-31-25(33)24-23(19(15-30(24)3)18-9-5-4-6-10-18)29-26(31)34-16-22(32)28-21-12-8-7-11-20(21)27/h4-12,15,17H,13-14,16H2,1-3H3,(H,28,32). The molecule has 0 spiro atoms. The number of aryl methyl sites for hydroxylation is 1. The molecule has 0 aliphatic rings. The van der Waals surface area contributed by atoms with E-state index in [1.54, 1.807) is 16.7 Å². The van der Waals surface area contributed by atoms with Crippen LogP contribution in [0.2, 0.25) is 5.02 Å². The van der Waals surface area contributed by atoms with Crippen LogP contribution in [0.3, 0.4) is 0 Å². The molecule has 0 atom stereocenters. The van der Waals surface area contributed by atoms with Gasteiger partial charge in [0.15, 0.2) is 5.16 Å². The molecule has 0 radical (unpaired) electrons. The summed E-state index contributed by atoms with van der Waals surface area (Å²) in [7, 11) is 1.87. The first-order chi connectivity index (χ1) is 16.3. The second-order valence-electron chi connectivity index (χ2n) is 8.57. The zero-order chi connectivity index (χ0) is 24.2. The Kier molecular flexibility index (Phi) is 7.44. The third kappa shape index (κ3) is 5.21. The van der Waals surface area contributed by atoms with Crippen molar-refractivity contribution in [3.63, 3.8) is 0 Å². The Morgan fingerprint density at radius 3 is 2.53 bits per heavy atom. The summed E-state index contributed by atoms with van der Waals surface area (Å²) >= 11 is 7.43. The van der Waals surface area contributed by atoms with Gasteiger partial charge in [-0.2, -0.15) is 0 Å². The number of benzene rings is 2. The number of para-hydroxylation sites is 1. The quantitative estimate of drug-likeness (QED) is 0.247. The predicted octanol–water partition coefficient (Wildman–Crippen LogP) is 5.83. The zero-order valence-corrected chi connectivity index (χ0v) is 21.0. The molecule has 0 aliphatic heterocycles. The fourth-order valence-corrected chi connectivity index (χ4v) is 4.75. The van der Waals surface area contributed by atoms with E-state index in [1.807, 2.05) is 60.3 Å². The molecule has 8 heteroatoms. The molecular weight excluding hydrogens is 468 g/mol. The molecule has 4 aromatic rings. The van der Waals surface area contributed by atoms with Crippen LogP contribution in [0.25, 0.3) is 22.2 Å². The van der Waals surface area contributed by atoms with Gasteiger partial charge in [0.2, 0.25) is 5.91 Å². The molecule has 2 aromatic carbocycles. The van der Waals surface area contributed by atoms with E-state index in [2.05, 4.69) is 19.2 Å². The van der Waals surface area contributed by atoms with Crippen LogP contribution in [0.15, 0.2) is 70.7 Å². The Balaban J connectivity index is 1.71. The van der Waals surface area contributed by atoms with Crippen molar-refractivity contribution < 1.29 is 4.79 Å². The normalized spacial score (nSPS) is 11.3. The summed E-state index contributed by atoms with van der Waals surface area (Å²) < 4.78 is 3.54. The van der Waals surface area contributed by atoms with E-state index >= 15 is 0 Å². The monoisotopic (exact) mass is 494 g/mol. The zero-order valence-electron chi connectivity index (χ0n) is 19.4. The maximum absolute atomic E-state index is 13.6. The molecule has 2 heterocycles. The van der Waals surface area contributed by atoms with Crippen molar-refractivity contribution in [1.29, 1.82) is 0 Å². The number of amides is 1. The number of nitrogens with zero attached hydrogens (tertiary/aromatic N) is 3. The number of halogens is 1. The highest BCUT2D eigenvalue weighted by Crippen LogP contribution is 2.29. The Morgan fingerprint density at radius 1 is 1.12 bits per heavy atom. The number of thioether (sulfide) groups is 1. The van der Waals surface area contributed by atoms with E-state index < -0.39 is 0 Å². The largest absolute Gasteiger partial charge is 0.344 e. The first kappa shape index (κ1) is 24.1. The van der Waals surface area contributed by atoms with Crippen molar-refractivity contribution in [3.05, 3.63) is 76.2 Å². The smallest absolute Gasteiger partial charge is 0.278 e. The van der Waals surface area contributed by atoms with Gasteiger partial charge in [-0.15, -0.1) is 0 Å². The van der Waals surface area contributed by atoms with Crippen LogP contribution < -0.4 is 10.9 Å². The number of anilines is 1. The third-order valence-electron chi connectivity index (χ3n) is 5.54. The van der Waals surface area contributed by atoms with Crippen molar-refractivity contribution in [2.75, 3.05) is 11.1 Å². The summed E-state index contributed by atoms with van der Waals surface area (Å²) in [5.41, 5.74) is 3.57. The Morgan fingerprint density at radius 2 is 1.82 bits per heavy atom. The summed E-state index contributed by atoms with van der Waals surface area (Å²) in [6.07, 6.45) is 2.78. The fourth-order valence-electron chi connectivity index (χ4n) is 3.75. The highest BCUT2D eigenvalue weighted by molar-refractivity contribution is 7.99. The van der Waals surface area contributed by atoms with E-state index in [1.165, 1.54) is 11.8 Å². The van der Waals surface area contributed by atoms with Crippen LogP contribution in [0, 0.1) is 5.92 Å². The number of hydrogen-bond donors (Lipinski definition) is 1. The van der Waals surface area contributed by atoms with Crippen molar-refractivity contribution in [3.8, 4) is 11.1 Å². The fraction of sp³-hybridized carbons (Fsp3) is 0.269. The summed E-state index contributed by atoms with van der Waals surface area (Å²) in [5, 5.41) is 3.85. The summed E-state index contributed by atoms with van der Waals surface area (Å²) in [5.74, 6) is 0.328. The van der Waals surface area contributed by atoms with Crippen LogP contribution in [0.5, 0.6) is 0 Å². The lowest BCUT2D eigenvalue weighted by atomic mass is 10.1. The lowest BCUT2D eigenvalue weighted by Gasteiger charge is -2.14. The molecule has 0 unspecified atom stereocenters. The van der Waals surface area contributed by atoms with E-state index in [9.17, 15) is 9.59 Å². The average Bonchev–Trinajstić information content (AvgIpc) is 3.15. The molecule has 176 valence electrons. The number of fused-ring (bicyclic) bond motifs is 1. The SMILES string of the molecule is CC(C)CCn1c(SCC(=O)Nc2ccccc2Cl)nc2c(-c3ccccc3)cn(C)c2c1=O. The summed E-state index contributed by atoms with van der Waals surface area (Å²) in [4.78, 5) is 31.1. The van der Waals surface area contributed by atoms with Gasteiger partial charge in [0, 0.05) is 25.4 Å². The number of carbonyl (C=O) groups excluding carboxylic acids is 1. The van der Waals surface area contributed by atoms with Crippen LogP contribution >= 0.6 is 23.4 Å². The van der Waals surface area contributed by atoms with Crippen molar-refractivity contribution in [2.45, 2.75) is 32.0 Å². The maximum Gasteiger partial charge on any atom is 0.278 e. The van der Waals surface area contributed by atoms with Gasteiger partial charge in [-0.3, -0.25) is 14.2 Å². The average molecular weight is 495 g/mol. The minimum absolute atomic E-state index is 0.0932.